The van der Waals surface area contributed by atoms with Gasteiger partial charge in [-0.05, 0) is 30.6 Å². The molecule has 0 heterocycles. The molecular weight excluding hydrogens is 240 g/mol. The summed E-state index contributed by atoms with van der Waals surface area (Å²) in [7, 11) is 0. The van der Waals surface area contributed by atoms with Gasteiger partial charge in [-0.25, -0.2) is 0 Å². The van der Waals surface area contributed by atoms with E-state index in [0.717, 1.165) is 25.8 Å². The topological polar surface area (TPSA) is 58.2 Å². The summed E-state index contributed by atoms with van der Waals surface area (Å²) in [6.45, 7) is 8.96. The van der Waals surface area contributed by atoms with Gasteiger partial charge in [0, 0.05) is 25.4 Å². The quantitative estimate of drug-likeness (QED) is 0.803. The highest BCUT2D eigenvalue weighted by molar-refractivity contribution is 5.76. The Balaban J connectivity index is 2.53. The van der Waals surface area contributed by atoms with Crippen LogP contribution in [0.25, 0.3) is 0 Å². The molecule has 0 spiro atoms. The minimum atomic E-state index is 0.109. The highest BCUT2D eigenvalue weighted by atomic mass is 16.2. The van der Waals surface area contributed by atoms with Crippen LogP contribution in [-0.4, -0.2) is 24.4 Å². The summed E-state index contributed by atoms with van der Waals surface area (Å²) in [5.74, 6) is 0.693. The van der Waals surface area contributed by atoms with E-state index in [9.17, 15) is 9.59 Å². The van der Waals surface area contributed by atoms with Crippen molar-refractivity contribution in [2.45, 2.75) is 65.8 Å². The van der Waals surface area contributed by atoms with E-state index in [2.05, 4.69) is 24.5 Å². The van der Waals surface area contributed by atoms with Gasteiger partial charge in [-0.2, -0.15) is 0 Å². The Labute approximate surface area is 116 Å². The molecule has 2 atom stereocenters. The predicted octanol–water partition coefficient (Wildman–Crippen LogP) is 2.23. The van der Waals surface area contributed by atoms with Crippen molar-refractivity contribution in [1.82, 2.24) is 10.6 Å². The Hall–Kier alpha value is -1.06. The number of carbonyl (C=O) groups excluding carboxylic acids is 2. The minimum Gasteiger partial charge on any atom is -0.356 e. The van der Waals surface area contributed by atoms with E-state index in [-0.39, 0.29) is 23.3 Å². The van der Waals surface area contributed by atoms with Crippen molar-refractivity contribution in [3.8, 4) is 0 Å². The second-order valence-corrected chi connectivity index (χ2v) is 6.45. The lowest BCUT2D eigenvalue weighted by atomic mass is 9.70. The van der Waals surface area contributed by atoms with Crippen molar-refractivity contribution in [1.29, 1.82) is 0 Å². The lowest BCUT2D eigenvalue weighted by molar-refractivity contribution is -0.123. The van der Waals surface area contributed by atoms with Crippen LogP contribution in [0.5, 0.6) is 0 Å². The number of carbonyl (C=O) groups is 2. The van der Waals surface area contributed by atoms with Gasteiger partial charge < -0.3 is 10.6 Å². The van der Waals surface area contributed by atoms with Gasteiger partial charge in [0.25, 0.3) is 0 Å². The maximum atomic E-state index is 11.5. The molecule has 110 valence electrons. The maximum absolute atomic E-state index is 11.5. The molecule has 0 saturated heterocycles. The Morgan fingerprint density at radius 1 is 1.11 bits per heavy atom. The second-order valence-electron chi connectivity index (χ2n) is 6.45. The third-order valence-corrected chi connectivity index (χ3v) is 3.85. The Morgan fingerprint density at radius 2 is 1.74 bits per heavy atom. The second kappa shape index (κ2) is 6.92. The Morgan fingerprint density at radius 3 is 2.32 bits per heavy atom. The summed E-state index contributed by atoms with van der Waals surface area (Å²) in [6, 6.07) is 0.250. The van der Waals surface area contributed by atoms with E-state index in [1.807, 2.05) is 13.8 Å². The SMILES string of the molecule is CCC(=O)NCC1CC(NC(=O)CC)CC(C)(C)C1. The van der Waals surface area contributed by atoms with E-state index in [1.165, 1.54) is 0 Å². The molecule has 1 fully saturated rings. The van der Waals surface area contributed by atoms with Crippen molar-refractivity contribution in [2.24, 2.45) is 11.3 Å². The van der Waals surface area contributed by atoms with Crippen molar-refractivity contribution in [3.05, 3.63) is 0 Å². The summed E-state index contributed by atoms with van der Waals surface area (Å²) in [5.41, 5.74) is 0.228. The number of amides is 2. The van der Waals surface area contributed by atoms with Crippen LogP contribution in [0.3, 0.4) is 0 Å². The molecule has 2 amide bonds. The minimum absolute atomic E-state index is 0.109. The lowest BCUT2D eigenvalue weighted by Crippen LogP contribution is -2.45. The molecule has 1 rings (SSSR count). The lowest BCUT2D eigenvalue weighted by Gasteiger charge is -2.40. The zero-order valence-corrected chi connectivity index (χ0v) is 12.7. The Bertz CT molecular complexity index is 326. The molecule has 1 aliphatic rings. The molecule has 0 aromatic carbocycles. The molecule has 0 aromatic rings. The van der Waals surface area contributed by atoms with Crippen LogP contribution in [-0.2, 0) is 9.59 Å². The largest absolute Gasteiger partial charge is 0.356 e. The molecule has 2 unspecified atom stereocenters. The zero-order valence-electron chi connectivity index (χ0n) is 12.7. The molecule has 0 bridgehead atoms. The summed E-state index contributed by atoms with van der Waals surface area (Å²) >= 11 is 0. The molecule has 4 nitrogen and oxygen atoms in total. The monoisotopic (exact) mass is 268 g/mol. The standard InChI is InChI=1S/C15H28N2O2/c1-5-13(18)16-10-11-7-12(17-14(19)6-2)9-15(3,4)8-11/h11-12H,5-10H2,1-4H3,(H,16,18)(H,17,19). The van der Waals surface area contributed by atoms with E-state index in [4.69, 9.17) is 0 Å². The molecule has 4 heteroatoms. The van der Waals surface area contributed by atoms with Gasteiger partial charge in [-0.3, -0.25) is 9.59 Å². The first-order chi connectivity index (χ1) is 8.86. The average molecular weight is 268 g/mol. The molecule has 1 saturated carbocycles. The van der Waals surface area contributed by atoms with Gasteiger partial charge in [0.15, 0.2) is 0 Å². The molecule has 0 aliphatic heterocycles. The highest BCUT2D eigenvalue weighted by Gasteiger charge is 2.34. The Kier molecular flexibility index (Phi) is 5.83. The van der Waals surface area contributed by atoms with Crippen LogP contribution in [0.15, 0.2) is 0 Å². The van der Waals surface area contributed by atoms with Crippen LogP contribution >= 0.6 is 0 Å². The summed E-state index contributed by atoms with van der Waals surface area (Å²) in [4.78, 5) is 22.9. The maximum Gasteiger partial charge on any atom is 0.219 e. The summed E-state index contributed by atoms with van der Waals surface area (Å²) in [6.07, 6.45) is 4.17. The third-order valence-electron chi connectivity index (χ3n) is 3.85. The van der Waals surface area contributed by atoms with Gasteiger partial charge in [0.2, 0.25) is 11.8 Å². The van der Waals surface area contributed by atoms with Crippen molar-refractivity contribution in [3.63, 3.8) is 0 Å². The fourth-order valence-corrected chi connectivity index (χ4v) is 3.08. The molecule has 19 heavy (non-hydrogen) atoms. The average Bonchev–Trinajstić information content (AvgIpc) is 2.33. The van der Waals surface area contributed by atoms with Gasteiger partial charge in [-0.15, -0.1) is 0 Å². The fourth-order valence-electron chi connectivity index (χ4n) is 3.08. The molecule has 0 aromatic heterocycles. The third kappa shape index (κ3) is 5.62. The molecular formula is C15H28N2O2. The van der Waals surface area contributed by atoms with Crippen LogP contribution in [0.4, 0.5) is 0 Å². The molecule has 1 aliphatic carbocycles. The van der Waals surface area contributed by atoms with Gasteiger partial charge >= 0.3 is 0 Å². The van der Waals surface area contributed by atoms with Crippen molar-refractivity contribution < 1.29 is 9.59 Å². The molecule has 0 radical (unpaired) electrons. The van der Waals surface area contributed by atoms with Crippen molar-refractivity contribution >= 4 is 11.8 Å². The highest BCUT2D eigenvalue weighted by Crippen LogP contribution is 2.38. The molecule has 2 N–H and O–H groups in total. The van der Waals surface area contributed by atoms with Crippen LogP contribution < -0.4 is 10.6 Å². The van der Waals surface area contributed by atoms with E-state index >= 15 is 0 Å². The van der Waals surface area contributed by atoms with E-state index in [1.54, 1.807) is 0 Å². The van der Waals surface area contributed by atoms with Gasteiger partial charge in [0.1, 0.15) is 0 Å². The summed E-state index contributed by atoms with van der Waals surface area (Å²) < 4.78 is 0. The smallest absolute Gasteiger partial charge is 0.219 e. The number of rotatable bonds is 5. The van der Waals surface area contributed by atoms with E-state index in [0.29, 0.717) is 18.8 Å². The predicted molar refractivity (Wildman–Crippen MR) is 76.6 cm³/mol. The van der Waals surface area contributed by atoms with Crippen molar-refractivity contribution in [2.75, 3.05) is 6.54 Å². The van der Waals surface area contributed by atoms with E-state index < -0.39 is 0 Å². The number of hydrogen-bond donors (Lipinski definition) is 2. The fraction of sp³-hybridized carbons (Fsp3) is 0.867. The van der Waals surface area contributed by atoms with Gasteiger partial charge in [-0.1, -0.05) is 27.7 Å². The zero-order chi connectivity index (χ0) is 14.5. The normalized spacial score (nSPS) is 25.7. The van der Waals surface area contributed by atoms with Crippen LogP contribution in [0.2, 0.25) is 0 Å². The summed E-state index contributed by atoms with van der Waals surface area (Å²) in [5, 5.41) is 6.08. The van der Waals surface area contributed by atoms with Crippen LogP contribution in [0.1, 0.15) is 59.8 Å². The number of hydrogen-bond acceptors (Lipinski definition) is 2. The van der Waals surface area contributed by atoms with Gasteiger partial charge in [0.05, 0.1) is 0 Å². The first-order valence-electron chi connectivity index (χ1n) is 7.42. The first kappa shape index (κ1) is 16.0. The number of nitrogens with one attached hydrogen (secondary N) is 2. The first-order valence-corrected chi connectivity index (χ1v) is 7.42. The van der Waals surface area contributed by atoms with Crippen LogP contribution in [0, 0.1) is 11.3 Å².